The number of carboxylic acid groups (broad SMARTS) is 1. The van der Waals surface area contributed by atoms with Crippen molar-refractivity contribution in [1.29, 1.82) is 0 Å². The summed E-state index contributed by atoms with van der Waals surface area (Å²) in [5, 5.41) is 9.93. The summed E-state index contributed by atoms with van der Waals surface area (Å²) >= 11 is 0. The summed E-state index contributed by atoms with van der Waals surface area (Å²) in [6, 6.07) is 13.9. The van der Waals surface area contributed by atoms with Crippen LogP contribution in [-0.2, 0) is 0 Å². The normalized spacial score (nSPS) is 11.1. The van der Waals surface area contributed by atoms with Crippen molar-refractivity contribution in [3.63, 3.8) is 0 Å². The fourth-order valence-electron chi connectivity index (χ4n) is 2.59. The molecule has 0 amide bonds. The zero-order valence-corrected chi connectivity index (χ0v) is 11.8. The summed E-state index contributed by atoms with van der Waals surface area (Å²) in [6.45, 7) is 0. The van der Waals surface area contributed by atoms with Gasteiger partial charge in [-0.15, -0.1) is 0 Å². The molecule has 0 saturated carbocycles. The Morgan fingerprint density at radius 3 is 2.65 bits per heavy atom. The maximum atomic E-state index is 12.3. The lowest BCUT2D eigenvalue weighted by atomic mass is 10.1. The fraction of sp³-hybridized carbons (Fsp3) is 0. The number of H-pyrrole nitrogens is 2. The zero-order chi connectivity index (χ0) is 16.0. The van der Waals surface area contributed by atoms with Crippen molar-refractivity contribution in [3.05, 3.63) is 64.4 Å². The van der Waals surface area contributed by atoms with Gasteiger partial charge in [0.1, 0.15) is 5.82 Å². The molecular weight excluding hydrogens is 294 g/mol. The molecule has 0 atom stereocenters. The number of aromatic carboxylic acids is 1. The lowest BCUT2D eigenvalue weighted by molar-refractivity contribution is 0.0697. The van der Waals surface area contributed by atoms with Crippen molar-refractivity contribution < 1.29 is 9.90 Å². The van der Waals surface area contributed by atoms with Gasteiger partial charge in [0.05, 0.1) is 22.2 Å². The highest BCUT2D eigenvalue weighted by molar-refractivity contribution is 5.93. The van der Waals surface area contributed by atoms with Crippen LogP contribution in [-0.4, -0.2) is 26.0 Å². The number of aromatic nitrogens is 3. The van der Waals surface area contributed by atoms with Gasteiger partial charge in [0.2, 0.25) is 0 Å². The number of fused-ring (bicyclic) bond motifs is 2. The standard InChI is InChI=1S/C17H11N3O3/c21-16-11(7-9-3-1-2-4-12(9)20-16)15-18-13-6-5-10(17(22)23)8-14(13)19-15/h1-8H,(H,18,19)(H,20,21)(H,22,23). The molecule has 0 aliphatic rings. The first-order valence-electron chi connectivity index (χ1n) is 6.97. The van der Waals surface area contributed by atoms with Crippen molar-refractivity contribution in [3.8, 4) is 11.4 Å². The molecule has 2 aromatic carbocycles. The van der Waals surface area contributed by atoms with E-state index >= 15 is 0 Å². The van der Waals surface area contributed by atoms with E-state index in [4.69, 9.17) is 5.11 Å². The molecule has 4 rings (SSSR count). The molecule has 2 aromatic heterocycles. The fourth-order valence-corrected chi connectivity index (χ4v) is 2.59. The maximum Gasteiger partial charge on any atom is 0.335 e. The summed E-state index contributed by atoms with van der Waals surface area (Å²) in [6.07, 6.45) is 0. The molecule has 2 heterocycles. The van der Waals surface area contributed by atoms with Gasteiger partial charge in [-0.2, -0.15) is 0 Å². The van der Waals surface area contributed by atoms with Crippen LogP contribution in [0, 0.1) is 0 Å². The first-order chi connectivity index (χ1) is 11.1. The van der Waals surface area contributed by atoms with E-state index in [0.717, 1.165) is 10.9 Å². The third-order valence-corrected chi connectivity index (χ3v) is 3.74. The number of hydrogen-bond donors (Lipinski definition) is 3. The van der Waals surface area contributed by atoms with Gasteiger partial charge in [-0.25, -0.2) is 9.78 Å². The zero-order valence-electron chi connectivity index (χ0n) is 11.8. The molecule has 0 radical (unpaired) electrons. The molecule has 0 fully saturated rings. The summed E-state index contributed by atoms with van der Waals surface area (Å²) in [4.78, 5) is 33.5. The second kappa shape index (κ2) is 4.81. The summed E-state index contributed by atoms with van der Waals surface area (Å²) in [5.74, 6) is -0.602. The number of nitrogens with one attached hydrogen (secondary N) is 2. The highest BCUT2D eigenvalue weighted by Crippen LogP contribution is 2.21. The molecule has 112 valence electrons. The van der Waals surface area contributed by atoms with Gasteiger partial charge < -0.3 is 15.1 Å². The molecule has 0 aliphatic carbocycles. The van der Waals surface area contributed by atoms with E-state index in [0.29, 0.717) is 22.4 Å². The number of rotatable bonds is 2. The quantitative estimate of drug-likeness (QED) is 0.530. The molecular formula is C17H11N3O3. The Bertz CT molecular complexity index is 1120. The lowest BCUT2D eigenvalue weighted by Gasteiger charge is -2.00. The van der Waals surface area contributed by atoms with Crippen molar-refractivity contribution in [1.82, 2.24) is 15.0 Å². The molecule has 23 heavy (non-hydrogen) atoms. The topological polar surface area (TPSA) is 98.8 Å². The highest BCUT2D eigenvalue weighted by atomic mass is 16.4. The summed E-state index contributed by atoms with van der Waals surface area (Å²) in [5.41, 5.74) is 2.26. The maximum absolute atomic E-state index is 12.3. The molecule has 0 unspecified atom stereocenters. The van der Waals surface area contributed by atoms with Gasteiger partial charge in [-0.05, 0) is 35.7 Å². The van der Waals surface area contributed by atoms with Crippen LogP contribution in [0.15, 0.2) is 53.3 Å². The van der Waals surface area contributed by atoms with E-state index < -0.39 is 5.97 Å². The van der Waals surface area contributed by atoms with Crippen LogP contribution in [0.1, 0.15) is 10.4 Å². The van der Waals surface area contributed by atoms with Gasteiger partial charge >= 0.3 is 5.97 Å². The Balaban J connectivity index is 1.93. The van der Waals surface area contributed by atoms with Gasteiger partial charge in [-0.1, -0.05) is 18.2 Å². The average molecular weight is 305 g/mol. The van der Waals surface area contributed by atoms with E-state index in [1.165, 1.54) is 12.1 Å². The SMILES string of the molecule is O=C(O)c1ccc2[nH]c(-c3cc4ccccc4[nH]c3=O)nc2c1. The van der Waals surface area contributed by atoms with Crippen molar-refractivity contribution >= 4 is 27.9 Å². The number of carbonyl (C=O) groups is 1. The predicted molar refractivity (Wildman–Crippen MR) is 86.6 cm³/mol. The van der Waals surface area contributed by atoms with E-state index in [2.05, 4.69) is 15.0 Å². The number of benzene rings is 2. The Morgan fingerprint density at radius 2 is 1.83 bits per heavy atom. The first kappa shape index (κ1) is 13.3. The molecule has 6 heteroatoms. The number of pyridine rings is 1. The van der Waals surface area contributed by atoms with Crippen LogP contribution >= 0.6 is 0 Å². The minimum Gasteiger partial charge on any atom is -0.478 e. The number of hydrogen-bond acceptors (Lipinski definition) is 3. The van der Waals surface area contributed by atoms with Crippen LogP contribution in [0.4, 0.5) is 0 Å². The number of carboxylic acids is 1. The van der Waals surface area contributed by atoms with E-state index in [-0.39, 0.29) is 11.1 Å². The number of nitrogens with zero attached hydrogens (tertiary/aromatic N) is 1. The van der Waals surface area contributed by atoms with E-state index in [1.807, 2.05) is 24.3 Å². The van der Waals surface area contributed by atoms with Gasteiger partial charge in [-0.3, -0.25) is 4.79 Å². The lowest BCUT2D eigenvalue weighted by Crippen LogP contribution is -2.09. The smallest absolute Gasteiger partial charge is 0.335 e. The molecule has 4 aromatic rings. The van der Waals surface area contributed by atoms with E-state index in [9.17, 15) is 9.59 Å². The molecule has 0 aliphatic heterocycles. The number of aromatic amines is 2. The second-order valence-corrected chi connectivity index (χ2v) is 5.22. The Morgan fingerprint density at radius 1 is 1.00 bits per heavy atom. The minimum atomic E-state index is -1.01. The van der Waals surface area contributed by atoms with Crippen molar-refractivity contribution in [2.45, 2.75) is 0 Å². The number of imidazole rings is 1. The Labute approximate surface area is 129 Å². The molecule has 0 bridgehead atoms. The number of para-hydroxylation sites is 1. The largest absolute Gasteiger partial charge is 0.478 e. The average Bonchev–Trinajstić information content (AvgIpc) is 2.96. The Hall–Kier alpha value is -3.41. The van der Waals surface area contributed by atoms with Gasteiger partial charge in [0, 0.05) is 5.52 Å². The molecule has 0 spiro atoms. The Kier molecular flexibility index (Phi) is 2.77. The third-order valence-electron chi connectivity index (χ3n) is 3.74. The molecule has 6 nitrogen and oxygen atoms in total. The predicted octanol–water partition coefficient (Wildman–Crippen LogP) is 2.77. The van der Waals surface area contributed by atoms with E-state index in [1.54, 1.807) is 12.1 Å². The van der Waals surface area contributed by atoms with Gasteiger partial charge in [0.25, 0.3) is 5.56 Å². The summed E-state index contributed by atoms with van der Waals surface area (Å²) < 4.78 is 0. The van der Waals surface area contributed by atoms with Crippen LogP contribution in [0.25, 0.3) is 33.3 Å². The van der Waals surface area contributed by atoms with Crippen molar-refractivity contribution in [2.24, 2.45) is 0 Å². The molecule has 3 N–H and O–H groups in total. The first-order valence-corrected chi connectivity index (χ1v) is 6.97. The molecule has 0 saturated heterocycles. The highest BCUT2D eigenvalue weighted by Gasteiger charge is 2.12. The van der Waals surface area contributed by atoms with Crippen LogP contribution in [0.5, 0.6) is 0 Å². The third kappa shape index (κ3) is 2.17. The van der Waals surface area contributed by atoms with Crippen LogP contribution in [0.2, 0.25) is 0 Å². The summed E-state index contributed by atoms with van der Waals surface area (Å²) in [7, 11) is 0. The monoisotopic (exact) mass is 305 g/mol. The minimum absolute atomic E-state index is 0.156. The van der Waals surface area contributed by atoms with Gasteiger partial charge in [0.15, 0.2) is 0 Å². The van der Waals surface area contributed by atoms with Crippen molar-refractivity contribution in [2.75, 3.05) is 0 Å². The second-order valence-electron chi connectivity index (χ2n) is 5.22. The van der Waals surface area contributed by atoms with Crippen LogP contribution in [0.3, 0.4) is 0 Å². The van der Waals surface area contributed by atoms with Crippen LogP contribution < -0.4 is 5.56 Å².